The summed E-state index contributed by atoms with van der Waals surface area (Å²) in [6.07, 6.45) is 5.30. The number of hydrogen-bond acceptors (Lipinski definition) is 6. The molecular formula is C28H32N4O4S. The van der Waals surface area contributed by atoms with Crippen molar-refractivity contribution in [3.8, 4) is 11.5 Å². The van der Waals surface area contributed by atoms with Gasteiger partial charge in [0, 0.05) is 23.8 Å². The van der Waals surface area contributed by atoms with Crippen molar-refractivity contribution < 1.29 is 19.4 Å². The van der Waals surface area contributed by atoms with Crippen molar-refractivity contribution in [2.75, 3.05) is 18.0 Å². The van der Waals surface area contributed by atoms with Crippen molar-refractivity contribution in [1.29, 1.82) is 0 Å². The number of rotatable bonds is 6. The number of anilines is 1. The summed E-state index contributed by atoms with van der Waals surface area (Å²) in [7, 11) is 0. The molecule has 3 unspecified atom stereocenters. The first-order valence-corrected chi connectivity index (χ1v) is 14.0. The summed E-state index contributed by atoms with van der Waals surface area (Å²) in [6.45, 7) is 1.01. The SMILES string of the molecule is O=C(NCC1(O)CCCCC1)C1=C2NC(=O)N(c3ccc(Oc4ccccc4)cc3)C3CCNC(S1)C23. The number of hydrogen-bond donors (Lipinski definition) is 4. The van der Waals surface area contributed by atoms with E-state index in [0.717, 1.165) is 43.7 Å². The molecule has 2 aromatic carbocycles. The van der Waals surface area contributed by atoms with Gasteiger partial charge in [-0.05, 0) is 62.2 Å². The van der Waals surface area contributed by atoms with E-state index in [0.29, 0.717) is 29.2 Å². The Labute approximate surface area is 220 Å². The molecule has 4 aliphatic rings. The van der Waals surface area contributed by atoms with Gasteiger partial charge in [-0.15, -0.1) is 0 Å². The van der Waals surface area contributed by atoms with Crippen molar-refractivity contribution in [2.24, 2.45) is 5.92 Å². The number of ether oxygens (including phenoxy) is 1. The van der Waals surface area contributed by atoms with Gasteiger partial charge in [0.2, 0.25) is 0 Å². The van der Waals surface area contributed by atoms with Crippen LogP contribution < -0.4 is 25.6 Å². The van der Waals surface area contributed by atoms with Gasteiger partial charge in [0.15, 0.2) is 0 Å². The molecule has 4 N–H and O–H groups in total. The predicted molar refractivity (Wildman–Crippen MR) is 143 cm³/mol. The zero-order valence-corrected chi connectivity index (χ0v) is 21.4. The number of urea groups is 1. The van der Waals surface area contributed by atoms with Crippen molar-refractivity contribution >= 4 is 29.4 Å². The molecule has 0 bridgehead atoms. The molecule has 194 valence electrons. The first-order chi connectivity index (χ1) is 18.0. The second kappa shape index (κ2) is 10.0. The minimum atomic E-state index is -0.834. The number of benzene rings is 2. The van der Waals surface area contributed by atoms with Crippen LogP contribution in [0.15, 0.2) is 65.2 Å². The lowest BCUT2D eigenvalue weighted by atomic mass is 9.85. The van der Waals surface area contributed by atoms with Crippen LogP contribution in [0.3, 0.4) is 0 Å². The Bertz CT molecular complexity index is 1200. The molecule has 3 fully saturated rings. The van der Waals surface area contributed by atoms with E-state index >= 15 is 0 Å². The van der Waals surface area contributed by atoms with E-state index in [1.54, 1.807) is 0 Å². The molecular weight excluding hydrogens is 488 g/mol. The fourth-order valence-corrected chi connectivity index (χ4v) is 7.35. The number of piperidine rings is 1. The van der Waals surface area contributed by atoms with Crippen molar-refractivity contribution in [1.82, 2.24) is 16.0 Å². The van der Waals surface area contributed by atoms with Crippen molar-refractivity contribution in [3.63, 3.8) is 0 Å². The van der Waals surface area contributed by atoms with E-state index in [2.05, 4.69) is 16.0 Å². The topological polar surface area (TPSA) is 103 Å². The lowest BCUT2D eigenvalue weighted by Gasteiger charge is -2.45. The predicted octanol–water partition coefficient (Wildman–Crippen LogP) is 4.08. The highest BCUT2D eigenvalue weighted by atomic mass is 32.2. The van der Waals surface area contributed by atoms with Crippen LogP contribution in [-0.4, -0.2) is 47.2 Å². The van der Waals surface area contributed by atoms with E-state index in [4.69, 9.17) is 4.74 Å². The molecule has 1 aliphatic carbocycles. The normalized spacial score (nSPS) is 26.4. The maximum atomic E-state index is 13.4. The molecule has 8 nitrogen and oxygen atoms in total. The minimum absolute atomic E-state index is 0.0102. The average Bonchev–Trinajstić information content (AvgIpc) is 3.29. The number of nitrogens with zero attached hydrogens (tertiary/aromatic N) is 1. The summed E-state index contributed by atoms with van der Waals surface area (Å²) in [5.74, 6) is 1.22. The highest BCUT2D eigenvalue weighted by Gasteiger charge is 2.51. The van der Waals surface area contributed by atoms with Crippen LogP contribution >= 0.6 is 11.8 Å². The van der Waals surface area contributed by atoms with Crippen LogP contribution in [0, 0.1) is 5.92 Å². The second-order valence-corrected chi connectivity index (χ2v) is 11.4. The Morgan fingerprint density at radius 2 is 1.81 bits per heavy atom. The number of nitrogens with one attached hydrogen (secondary N) is 3. The van der Waals surface area contributed by atoms with Crippen LogP contribution in [0.4, 0.5) is 10.5 Å². The van der Waals surface area contributed by atoms with Crippen LogP contribution in [-0.2, 0) is 4.79 Å². The second-order valence-electron chi connectivity index (χ2n) is 10.3. The Morgan fingerprint density at radius 3 is 2.57 bits per heavy atom. The first-order valence-electron chi connectivity index (χ1n) is 13.1. The van der Waals surface area contributed by atoms with Crippen LogP contribution in [0.1, 0.15) is 38.5 Å². The summed E-state index contributed by atoms with van der Waals surface area (Å²) >= 11 is 1.48. The summed E-state index contributed by atoms with van der Waals surface area (Å²) in [5, 5.41) is 20.3. The van der Waals surface area contributed by atoms with Gasteiger partial charge in [0.05, 0.1) is 21.9 Å². The maximum absolute atomic E-state index is 13.4. The fourth-order valence-electron chi connectivity index (χ4n) is 5.93. The molecule has 3 atom stereocenters. The number of para-hydroxylation sites is 1. The van der Waals surface area contributed by atoms with Gasteiger partial charge in [0.25, 0.3) is 5.91 Å². The number of amides is 3. The highest BCUT2D eigenvalue weighted by molar-refractivity contribution is 8.04. The molecule has 3 heterocycles. The van der Waals surface area contributed by atoms with Gasteiger partial charge in [-0.25, -0.2) is 4.79 Å². The van der Waals surface area contributed by atoms with Gasteiger partial charge in [-0.1, -0.05) is 49.2 Å². The fraction of sp³-hybridized carbons (Fsp3) is 0.429. The molecule has 6 rings (SSSR count). The molecule has 1 saturated carbocycles. The monoisotopic (exact) mass is 520 g/mol. The zero-order valence-electron chi connectivity index (χ0n) is 20.6. The molecule has 0 spiro atoms. The van der Waals surface area contributed by atoms with Crippen LogP contribution in [0.5, 0.6) is 11.5 Å². The largest absolute Gasteiger partial charge is 0.457 e. The molecule has 3 amide bonds. The lowest BCUT2D eigenvalue weighted by molar-refractivity contribution is -0.118. The molecule has 9 heteroatoms. The third kappa shape index (κ3) is 4.83. The van der Waals surface area contributed by atoms with E-state index in [1.807, 2.05) is 59.5 Å². The quantitative estimate of drug-likeness (QED) is 0.458. The molecule has 3 aliphatic heterocycles. The summed E-state index contributed by atoms with van der Waals surface area (Å²) in [5.41, 5.74) is 0.662. The van der Waals surface area contributed by atoms with Crippen LogP contribution in [0.2, 0.25) is 0 Å². The number of thioether (sulfide) groups is 1. The Balaban J connectivity index is 1.19. The maximum Gasteiger partial charge on any atom is 0.326 e. The summed E-state index contributed by atoms with van der Waals surface area (Å²) in [4.78, 5) is 29.0. The Hall–Kier alpha value is -3.01. The van der Waals surface area contributed by atoms with Gasteiger partial charge in [0.1, 0.15) is 11.5 Å². The van der Waals surface area contributed by atoms with E-state index in [9.17, 15) is 14.7 Å². The van der Waals surface area contributed by atoms with E-state index in [1.165, 1.54) is 11.8 Å². The van der Waals surface area contributed by atoms with Gasteiger partial charge < -0.3 is 25.8 Å². The standard InChI is InChI=1S/C28H32N4O4S/c33-25(30-17-28(35)14-5-2-6-15-28)24-23-22-21(13-16-29-26(22)37-24)32(27(34)31-23)18-9-11-20(12-10-18)36-19-7-3-1-4-8-19/h1,3-4,7-12,21-22,26,29,35H,2,5-6,13-17H2,(H,30,33)(H,31,34). The summed E-state index contributed by atoms with van der Waals surface area (Å²) < 4.78 is 5.91. The third-order valence-electron chi connectivity index (χ3n) is 7.80. The first kappa shape index (κ1) is 24.3. The lowest BCUT2D eigenvalue weighted by Crippen LogP contribution is -2.62. The van der Waals surface area contributed by atoms with Crippen molar-refractivity contribution in [3.05, 3.63) is 65.2 Å². The summed E-state index contributed by atoms with van der Waals surface area (Å²) in [6, 6.07) is 16.9. The minimum Gasteiger partial charge on any atom is -0.457 e. The average molecular weight is 521 g/mol. The number of carbonyl (C=O) groups excluding carboxylic acids is 2. The molecule has 37 heavy (non-hydrogen) atoms. The smallest absolute Gasteiger partial charge is 0.326 e. The number of carbonyl (C=O) groups is 2. The van der Waals surface area contributed by atoms with Crippen molar-refractivity contribution in [2.45, 2.75) is 55.5 Å². The number of aliphatic hydroxyl groups is 1. The Kier molecular flexibility index (Phi) is 6.60. The molecule has 2 saturated heterocycles. The van der Waals surface area contributed by atoms with E-state index < -0.39 is 5.60 Å². The van der Waals surface area contributed by atoms with E-state index in [-0.39, 0.29) is 35.8 Å². The highest BCUT2D eigenvalue weighted by Crippen LogP contribution is 2.48. The zero-order chi connectivity index (χ0) is 25.4. The van der Waals surface area contributed by atoms with Gasteiger partial charge in [-0.2, -0.15) is 0 Å². The van der Waals surface area contributed by atoms with Gasteiger partial charge in [-0.3, -0.25) is 9.69 Å². The van der Waals surface area contributed by atoms with Gasteiger partial charge >= 0.3 is 6.03 Å². The Morgan fingerprint density at radius 1 is 1.08 bits per heavy atom. The third-order valence-corrected chi connectivity index (χ3v) is 9.16. The van der Waals surface area contributed by atoms with Crippen LogP contribution in [0.25, 0.3) is 0 Å². The molecule has 0 radical (unpaired) electrons. The molecule has 0 aromatic heterocycles. The molecule has 2 aromatic rings.